The summed E-state index contributed by atoms with van der Waals surface area (Å²) in [4.78, 5) is 48.4. The topological polar surface area (TPSA) is 90.4 Å². The minimum absolute atomic E-state index is 0.0105. The van der Waals surface area contributed by atoms with Gasteiger partial charge in [-0.15, -0.1) is 24.9 Å². The summed E-state index contributed by atoms with van der Waals surface area (Å²) in [5.41, 5.74) is 3.39. The second-order valence-electron chi connectivity index (χ2n) is 11.6. The minimum atomic E-state index is -0.849. The molecule has 5 rings (SSSR count). The van der Waals surface area contributed by atoms with Gasteiger partial charge in [0.1, 0.15) is 11.8 Å². The normalized spacial score (nSPS) is 26.8. The lowest BCUT2D eigenvalue weighted by Gasteiger charge is -2.38. The predicted molar refractivity (Wildman–Crippen MR) is 180 cm³/mol. The number of aryl methyl sites for hydroxylation is 2. The predicted octanol–water partition coefficient (Wildman–Crippen LogP) is 4.90. The molecule has 0 aromatic heterocycles. The highest BCUT2D eigenvalue weighted by Crippen LogP contribution is 2.68. The van der Waals surface area contributed by atoms with Crippen molar-refractivity contribution in [3.8, 4) is 5.75 Å². The van der Waals surface area contributed by atoms with Crippen LogP contribution >= 0.6 is 27.7 Å². The van der Waals surface area contributed by atoms with Crippen molar-refractivity contribution in [3.05, 3.63) is 78.9 Å². The Morgan fingerprint density at radius 3 is 2.43 bits per heavy atom. The molecule has 0 aliphatic carbocycles. The van der Waals surface area contributed by atoms with Gasteiger partial charge in [-0.2, -0.15) is 0 Å². The van der Waals surface area contributed by atoms with Crippen LogP contribution < -0.4 is 14.5 Å². The molecule has 2 aromatic rings. The fourth-order valence-electron chi connectivity index (χ4n) is 7.15. The quantitative estimate of drug-likeness (QED) is 0.253. The molecule has 3 heterocycles. The summed E-state index contributed by atoms with van der Waals surface area (Å²) in [7, 11) is 0. The van der Waals surface area contributed by atoms with Crippen LogP contribution in [0.2, 0.25) is 0 Å². The average Bonchev–Trinajstić information content (AvgIpc) is 3.59. The fraction of sp³-hybridized carbons (Fsp3) is 0.441. The van der Waals surface area contributed by atoms with E-state index in [2.05, 4.69) is 29.1 Å². The summed E-state index contributed by atoms with van der Waals surface area (Å²) in [6.07, 6.45) is 3.92. The maximum Gasteiger partial charge on any atom is 0.251 e. The third-order valence-corrected chi connectivity index (χ3v) is 12.1. The maximum atomic E-state index is 14.7. The number of rotatable bonds is 12. The molecule has 2 bridgehead atoms. The highest BCUT2D eigenvalue weighted by Gasteiger charge is 2.76. The summed E-state index contributed by atoms with van der Waals surface area (Å²) >= 11 is 5.43. The Morgan fingerprint density at radius 1 is 1.11 bits per heavy atom. The molecule has 6 atom stereocenters. The van der Waals surface area contributed by atoms with Gasteiger partial charge >= 0.3 is 0 Å². The molecular formula is C34H40BrN3O5S. The zero-order chi connectivity index (χ0) is 31.8. The molecule has 3 unspecified atom stereocenters. The van der Waals surface area contributed by atoms with Crippen molar-refractivity contribution < 1.29 is 24.2 Å². The van der Waals surface area contributed by atoms with Gasteiger partial charge in [0, 0.05) is 41.1 Å². The maximum absolute atomic E-state index is 14.7. The number of amides is 3. The molecule has 0 radical (unpaired) electrons. The number of alkyl halides is 1. The number of hydrogen-bond acceptors (Lipinski definition) is 6. The van der Waals surface area contributed by atoms with E-state index in [4.69, 9.17) is 4.74 Å². The van der Waals surface area contributed by atoms with Crippen LogP contribution in [0.4, 0.5) is 11.4 Å². The number of fused-ring (bicyclic) bond motifs is 1. The molecule has 10 heteroatoms. The van der Waals surface area contributed by atoms with Gasteiger partial charge in [0.2, 0.25) is 11.8 Å². The van der Waals surface area contributed by atoms with E-state index < -0.39 is 22.6 Å². The summed E-state index contributed by atoms with van der Waals surface area (Å²) in [5, 5.41) is 9.86. The van der Waals surface area contributed by atoms with E-state index in [1.807, 2.05) is 63.2 Å². The lowest BCUT2D eigenvalue weighted by molar-refractivity contribution is -0.139. The zero-order valence-corrected chi connectivity index (χ0v) is 27.9. The van der Waals surface area contributed by atoms with Crippen molar-refractivity contribution in [2.45, 2.75) is 48.1 Å². The van der Waals surface area contributed by atoms with Gasteiger partial charge in [0.15, 0.2) is 0 Å². The van der Waals surface area contributed by atoms with E-state index in [9.17, 15) is 19.5 Å². The van der Waals surface area contributed by atoms with Gasteiger partial charge in [-0.3, -0.25) is 14.4 Å². The van der Waals surface area contributed by atoms with Gasteiger partial charge in [-0.25, -0.2) is 0 Å². The molecule has 44 heavy (non-hydrogen) atoms. The Labute approximate surface area is 272 Å². The second-order valence-corrected chi connectivity index (χ2v) is 14.3. The lowest BCUT2D eigenvalue weighted by atomic mass is 9.70. The number of carbonyl (C=O) groups excluding carboxylic acids is 3. The number of ether oxygens (including phenoxy) is 1. The molecule has 3 fully saturated rings. The third kappa shape index (κ3) is 5.39. The highest BCUT2D eigenvalue weighted by atomic mass is 79.9. The average molecular weight is 683 g/mol. The molecule has 0 saturated carbocycles. The van der Waals surface area contributed by atoms with Crippen molar-refractivity contribution in [2.24, 2.45) is 11.8 Å². The Morgan fingerprint density at radius 2 is 1.80 bits per heavy atom. The summed E-state index contributed by atoms with van der Waals surface area (Å²) < 4.78 is 4.76. The Hall–Kier alpha value is -3.08. The van der Waals surface area contributed by atoms with Crippen molar-refractivity contribution in [1.29, 1.82) is 0 Å². The first kappa shape index (κ1) is 32.3. The fourth-order valence-corrected chi connectivity index (χ4v) is 10.8. The number of β-amino-alcohol motifs (C(OH)–C–C–N with tert-alkyl or cyclic N) is 1. The highest BCUT2D eigenvalue weighted by molar-refractivity contribution is 9.09. The van der Waals surface area contributed by atoms with Gasteiger partial charge in [-0.05, 0) is 68.7 Å². The van der Waals surface area contributed by atoms with Gasteiger partial charge < -0.3 is 24.5 Å². The molecule has 3 saturated heterocycles. The number of halogens is 1. The van der Waals surface area contributed by atoms with Gasteiger partial charge in [0.05, 0.1) is 29.8 Å². The van der Waals surface area contributed by atoms with Crippen molar-refractivity contribution in [3.63, 3.8) is 0 Å². The number of likely N-dealkylation sites (tertiary alicyclic amines) is 1. The standard InChI is InChI=1S/C34H40BrN3O5S/c1-6-15-36(23-11-13-24(14-12-23)43-8-3)31(40)27-28-32(41)38(17-18-39)30(34(28)20-25(35)29(27)44-34)33(42)37(16-7-2)26-19-21(4)9-10-22(26)5/h6-7,9-14,19,25,27-30,39H,1-2,8,15-18,20H2,3-5H3/t25?,27-,28-,29-,30?,34?/m0/s1. The number of carbonyl (C=O) groups is 3. The van der Waals surface area contributed by atoms with Crippen LogP contribution in [0.3, 0.4) is 0 Å². The molecule has 2 aromatic carbocycles. The van der Waals surface area contributed by atoms with E-state index in [1.54, 1.807) is 33.7 Å². The number of aliphatic hydroxyl groups excluding tert-OH is 1. The molecule has 8 nitrogen and oxygen atoms in total. The van der Waals surface area contributed by atoms with Crippen LogP contribution in [0.1, 0.15) is 24.5 Å². The van der Waals surface area contributed by atoms with E-state index in [1.165, 1.54) is 4.90 Å². The number of aliphatic hydroxyl groups is 1. The number of anilines is 2. The summed E-state index contributed by atoms with van der Waals surface area (Å²) in [6.45, 7) is 14.4. The lowest BCUT2D eigenvalue weighted by Crippen LogP contribution is -2.56. The first-order chi connectivity index (χ1) is 21.1. The van der Waals surface area contributed by atoms with Crippen molar-refractivity contribution in [1.82, 2.24) is 4.90 Å². The zero-order valence-electron chi connectivity index (χ0n) is 25.4. The van der Waals surface area contributed by atoms with E-state index in [-0.39, 0.29) is 54.0 Å². The smallest absolute Gasteiger partial charge is 0.251 e. The molecule has 3 amide bonds. The number of thioether (sulfide) groups is 1. The molecular weight excluding hydrogens is 642 g/mol. The first-order valence-electron chi connectivity index (χ1n) is 15.0. The number of benzene rings is 2. The SMILES string of the molecule is C=CCN(C(=O)[C@H]1[C@H]2C(=O)N(CCO)C(C(=O)N(CC=C)c3cc(C)ccc3C)C23CC(Br)[C@@H]1S3)c1ccc(OCC)cc1. The summed E-state index contributed by atoms with van der Waals surface area (Å²) in [5.74, 6) is -1.32. The van der Waals surface area contributed by atoms with E-state index >= 15 is 0 Å². The molecule has 1 spiro atoms. The second kappa shape index (κ2) is 13.1. The molecule has 3 aliphatic rings. The van der Waals surface area contributed by atoms with E-state index in [0.29, 0.717) is 24.5 Å². The molecule has 1 N–H and O–H groups in total. The third-order valence-electron chi connectivity index (χ3n) is 8.92. The Balaban J connectivity index is 1.56. The van der Waals surface area contributed by atoms with Crippen molar-refractivity contribution in [2.75, 3.05) is 42.6 Å². The Bertz CT molecular complexity index is 1450. The largest absolute Gasteiger partial charge is 0.494 e. The Kier molecular flexibility index (Phi) is 9.63. The summed E-state index contributed by atoms with van der Waals surface area (Å²) in [6, 6.07) is 12.4. The first-order valence-corrected chi connectivity index (χ1v) is 16.8. The van der Waals surface area contributed by atoms with Gasteiger partial charge in [0.25, 0.3) is 5.91 Å². The monoisotopic (exact) mass is 681 g/mol. The number of hydrogen-bond donors (Lipinski definition) is 1. The molecule has 234 valence electrons. The number of nitrogens with zero attached hydrogens (tertiary/aromatic N) is 3. The van der Waals surface area contributed by atoms with Crippen LogP contribution in [-0.4, -0.2) is 81.4 Å². The van der Waals surface area contributed by atoms with Crippen LogP contribution in [-0.2, 0) is 14.4 Å². The minimum Gasteiger partial charge on any atom is -0.494 e. The van der Waals surface area contributed by atoms with Crippen LogP contribution in [0, 0.1) is 25.7 Å². The van der Waals surface area contributed by atoms with Crippen LogP contribution in [0.25, 0.3) is 0 Å². The van der Waals surface area contributed by atoms with E-state index in [0.717, 1.165) is 16.8 Å². The van der Waals surface area contributed by atoms with Crippen LogP contribution in [0.5, 0.6) is 5.75 Å². The molecule has 3 aliphatic heterocycles. The van der Waals surface area contributed by atoms with Crippen molar-refractivity contribution >= 4 is 56.8 Å². The van der Waals surface area contributed by atoms with Crippen LogP contribution in [0.15, 0.2) is 67.8 Å². The van der Waals surface area contributed by atoms with Gasteiger partial charge in [-0.1, -0.05) is 40.2 Å².